The fraction of sp³-hybridized carbons (Fsp3) is 0.333. The average Bonchev–Trinajstić information content (AvgIpc) is 3.41. The van der Waals surface area contributed by atoms with Crippen molar-refractivity contribution in [3.05, 3.63) is 41.2 Å². The second kappa shape index (κ2) is 9.57. The van der Waals surface area contributed by atoms with Crippen LogP contribution in [0.3, 0.4) is 0 Å². The van der Waals surface area contributed by atoms with Gasteiger partial charge in [-0.3, -0.25) is 4.79 Å². The fourth-order valence-electron chi connectivity index (χ4n) is 3.91. The van der Waals surface area contributed by atoms with Gasteiger partial charge >= 0.3 is 5.97 Å². The maximum Gasteiger partial charge on any atom is 0.326 e. The molecule has 1 saturated heterocycles. The monoisotopic (exact) mass is 538 g/mol. The van der Waals surface area contributed by atoms with Gasteiger partial charge in [-0.1, -0.05) is 22.9 Å². The molecule has 1 fully saturated rings. The van der Waals surface area contributed by atoms with Crippen LogP contribution in [0.5, 0.6) is 0 Å². The van der Waals surface area contributed by atoms with Crippen LogP contribution in [0.1, 0.15) is 12.0 Å². The minimum atomic E-state index is -4.01. The van der Waals surface area contributed by atoms with Crippen molar-refractivity contribution in [2.24, 2.45) is 0 Å². The number of fused-ring (bicyclic) bond motifs is 1. The minimum absolute atomic E-state index is 0.0288. The largest absolute Gasteiger partial charge is 0.480 e. The number of carboxylic acids is 1. The standard InChI is InChI=1S/C21H23ClN6O5S2/c1-27(2)21-25-10-17(34-21)35(32,33)26-15-4-6-28(19(15)29)16(20(30)31)8-12-7-11-3-5-24-18(23)13(11)9-14(12)22/h3,5,7,9-10,15-16,26H,4,6,8H2,1-2H3,(H2,23,24)(H,30,31). The van der Waals surface area contributed by atoms with E-state index in [1.807, 2.05) is 0 Å². The van der Waals surface area contributed by atoms with Gasteiger partial charge in [0, 0.05) is 43.7 Å². The number of likely N-dealkylation sites (tertiary alicyclic amines) is 1. The number of carbonyl (C=O) groups excluding carboxylic acids is 1. The summed E-state index contributed by atoms with van der Waals surface area (Å²) >= 11 is 7.36. The molecule has 0 bridgehead atoms. The van der Waals surface area contributed by atoms with Gasteiger partial charge < -0.3 is 20.6 Å². The third-order valence-electron chi connectivity index (χ3n) is 5.69. The molecule has 0 spiro atoms. The molecule has 2 unspecified atom stereocenters. The van der Waals surface area contributed by atoms with Crippen LogP contribution in [0.4, 0.5) is 10.9 Å². The van der Waals surface area contributed by atoms with Gasteiger partial charge in [0.05, 0.1) is 6.20 Å². The first-order valence-electron chi connectivity index (χ1n) is 10.5. The van der Waals surface area contributed by atoms with Gasteiger partial charge in [-0.25, -0.2) is 23.2 Å². The van der Waals surface area contributed by atoms with E-state index in [0.717, 1.165) is 16.7 Å². The molecular weight excluding hydrogens is 516 g/mol. The molecule has 4 N–H and O–H groups in total. The van der Waals surface area contributed by atoms with Crippen molar-refractivity contribution in [1.29, 1.82) is 0 Å². The van der Waals surface area contributed by atoms with E-state index in [0.29, 0.717) is 26.9 Å². The van der Waals surface area contributed by atoms with Crippen LogP contribution in [0.15, 0.2) is 34.8 Å². The number of carbonyl (C=O) groups is 2. The van der Waals surface area contributed by atoms with E-state index in [9.17, 15) is 23.1 Å². The fourth-order valence-corrected chi connectivity index (χ4v) is 6.43. The number of hydrogen-bond acceptors (Lipinski definition) is 9. The van der Waals surface area contributed by atoms with Crippen molar-refractivity contribution in [1.82, 2.24) is 19.6 Å². The van der Waals surface area contributed by atoms with Crippen molar-refractivity contribution in [3.63, 3.8) is 0 Å². The first kappa shape index (κ1) is 25.1. The number of amides is 1. The van der Waals surface area contributed by atoms with Gasteiger partial charge in [-0.05, 0) is 35.6 Å². The lowest BCUT2D eigenvalue weighted by atomic mass is 10.0. The molecule has 3 heterocycles. The number of pyridine rings is 1. The summed E-state index contributed by atoms with van der Waals surface area (Å²) in [6.07, 6.45) is 2.84. The van der Waals surface area contributed by atoms with Crippen LogP contribution in [0.2, 0.25) is 5.02 Å². The van der Waals surface area contributed by atoms with Crippen LogP contribution in [0.25, 0.3) is 10.8 Å². The number of nitrogens with one attached hydrogen (secondary N) is 1. The number of aliphatic carboxylic acids is 1. The predicted octanol–water partition coefficient (Wildman–Crippen LogP) is 1.57. The maximum atomic E-state index is 13.1. The molecule has 1 aliphatic heterocycles. The Balaban J connectivity index is 1.54. The van der Waals surface area contributed by atoms with Crippen molar-refractivity contribution < 1.29 is 23.1 Å². The molecule has 186 valence electrons. The van der Waals surface area contributed by atoms with Gasteiger partial charge in [-0.15, -0.1) is 0 Å². The number of halogens is 1. The van der Waals surface area contributed by atoms with E-state index in [1.165, 1.54) is 17.3 Å². The average molecular weight is 539 g/mol. The molecule has 1 amide bonds. The highest BCUT2D eigenvalue weighted by Gasteiger charge is 2.41. The van der Waals surface area contributed by atoms with E-state index in [-0.39, 0.29) is 23.6 Å². The zero-order chi connectivity index (χ0) is 25.5. The van der Waals surface area contributed by atoms with Crippen LogP contribution >= 0.6 is 22.9 Å². The molecule has 11 nitrogen and oxygen atoms in total. The lowest BCUT2D eigenvalue weighted by Gasteiger charge is -2.25. The van der Waals surface area contributed by atoms with E-state index in [4.69, 9.17) is 17.3 Å². The van der Waals surface area contributed by atoms with Crippen LogP contribution in [-0.4, -0.2) is 73.0 Å². The molecule has 14 heteroatoms. The molecule has 0 aliphatic carbocycles. The summed E-state index contributed by atoms with van der Waals surface area (Å²) in [6, 6.07) is 2.76. The Labute approximate surface area is 210 Å². The Morgan fingerprint density at radius 1 is 1.40 bits per heavy atom. The first-order chi connectivity index (χ1) is 16.5. The molecule has 2 atom stereocenters. The Morgan fingerprint density at radius 3 is 2.80 bits per heavy atom. The molecule has 3 aromatic rings. The highest BCUT2D eigenvalue weighted by Crippen LogP contribution is 2.30. The molecule has 0 saturated carbocycles. The molecule has 4 rings (SSSR count). The van der Waals surface area contributed by atoms with Gasteiger partial charge in [0.2, 0.25) is 5.91 Å². The number of nitrogens with two attached hydrogens (primary N) is 1. The minimum Gasteiger partial charge on any atom is -0.480 e. The Morgan fingerprint density at radius 2 is 2.14 bits per heavy atom. The number of rotatable bonds is 8. The van der Waals surface area contributed by atoms with Crippen LogP contribution < -0.4 is 15.4 Å². The van der Waals surface area contributed by atoms with E-state index in [2.05, 4.69) is 14.7 Å². The number of benzene rings is 1. The highest BCUT2D eigenvalue weighted by molar-refractivity contribution is 7.91. The summed E-state index contributed by atoms with van der Waals surface area (Å²) in [6.45, 7) is 0.0801. The summed E-state index contributed by atoms with van der Waals surface area (Å²) in [5.74, 6) is -1.52. The molecule has 1 aromatic carbocycles. The van der Waals surface area contributed by atoms with Crippen LogP contribution in [-0.2, 0) is 26.0 Å². The Bertz CT molecular complexity index is 1410. The highest BCUT2D eigenvalue weighted by atomic mass is 35.5. The van der Waals surface area contributed by atoms with E-state index < -0.39 is 34.0 Å². The molecule has 1 aliphatic rings. The number of nitrogens with zero attached hydrogens (tertiary/aromatic N) is 4. The smallest absolute Gasteiger partial charge is 0.326 e. The third kappa shape index (κ3) is 5.03. The van der Waals surface area contributed by atoms with Crippen LogP contribution in [0, 0.1) is 0 Å². The number of anilines is 2. The summed E-state index contributed by atoms with van der Waals surface area (Å²) in [7, 11) is -0.534. The zero-order valence-corrected chi connectivity index (χ0v) is 21.2. The number of thiazole rings is 1. The number of aromatic nitrogens is 2. The summed E-state index contributed by atoms with van der Waals surface area (Å²) in [4.78, 5) is 36.1. The van der Waals surface area contributed by atoms with Crippen molar-refractivity contribution in [3.8, 4) is 0 Å². The number of carboxylic acid groups (broad SMARTS) is 1. The molecule has 2 aromatic heterocycles. The lowest BCUT2D eigenvalue weighted by Crippen LogP contribution is -2.48. The Hall–Kier alpha value is -3.00. The SMILES string of the molecule is CN(C)c1ncc(S(=O)(=O)NC2CCN(C(Cc3cc4ccnc(N)c4cc3Cl)C(=O)O)C2=O)s1. The normalized spacial score (nSPS) is 17.2. The summed E-state index contributed by atoms with van der Waals surface area (Å²) < 4.78 is 27.9. The number of hydrogen-bond donors (Lipinski definition) is 3. The third-order valence-corrected chi connectivity index (χ3v) is 9.14. The second-order valence-corrected chi connectivity index (χ2v) is 11.6. The predicted molar refractivity (Wildman–Crippen MR) is 133 cm³/mol. The maximum absolute atomic E-state index is 13.1. The summed E-state index contributed by atoms with van der Waals surface area (Å²) in [5, 5.41) is 12.1. The number of sulfonamides is 1. The van der Waals surface area contributed by atoms with Crippen molar-refractivity contribution >= 4 is 66.6 Å². The van der Waals surface area contributed by atoms with Crippen molar-refractivity contribution in [2.45, 2.75) is 29.1 Å². The van der Waals surface area contributed by atoms with E-state index in [1.54, 1.807) is 37.2 Å². The summed E-state index contributed by atoms with van der Waals surface area (Å²) in [5.41, 5.74) is 6.41. The number of nitrogen functional groups attached to an aromatic ring is 1. The molecule has 0 radical (unpaired) electrons. The van der Waals surface area contributed by atoms with Gasteiger partial charge in [0.15, 0.2) is 9.34 Å². The first-order valence-corrected chi connectivity index (χ1v) is 13.2. The van der Waals surface area contributed by atoms with Gasteiger partial charge in [0.1, 0.15) is 17.9 Å². The van der Waals surface area contributed by atoms with Crippen molar-refractivity contribution in [2.75, 3.05) is 31.3 Å². The molecule has 35 heavy (non-hydrogen) atoms. The zero-order valence-electron chi connectivity index (χ0n) is 18.8. The van der Waals surface area contributed by atoms with Gasteiger partial charge in [0.25, 0.3) is 10.0 Å². The lowest BCUT2D eigenvalue weighted by molar-refractivity contribution is -0.148. The topological polar surface area (TPSA) is 159 Å². The Kier molecular flexibility index (Phi) is 6.86. The van der Waals surface area contributed by atoms with E-state index >= 15 is 0 Å². The second-order valence-electron chi connectivity index (χ2n) is 8.27. The molecular formula is C21H23ClN6O5S2. The quantitative estimate of drug-likeness (QED) is 0.387. The van der Waals surface area contributed by atoms with Gasteiger partial charge in [-0.2, -0.15) is 4.72 Å².